The summed E-state index contributed by atoms with van der Waals surface area (Å²) in [5.74, 6) is -0.546. The van der Waals surface area contributed by atoms with Gasteiger partial charge in [0, 0.05) is 0 Å². The van der Waals surface area contributed by atoms with Gasteiger partial charge in [-0.15, -0.1) is 0 Å². The lowest BCUT2D eigenvalue weighted by molar-refractivity contribution is -0.150. The molecular formula is C12H21BrO3. The molecule has 0 aliphatic heterocycles. The van der Waals surface area contributed by atoms with Crippen LogP contribution in [0.1, 0.15) is 52.4 Å². The van der Waals surface area contributed by atoms with Crippen LogP contribution < -0.4 is 0 Å². The molecule has 0 spiro atoms. The van der Waals surface area contributed by atoms with Gasteiger partial charge in [-0.05, 0) is 19.8 Å². The molecule has 0 aromatic rings. The molecule has 0 saturated heterocycles. The van der Waals surface area contributed by atoms with Crippen molar-refractivity contribution < 1.29 is 14.3 Å². The lowest BCUT2D eigenvalue weighted by atomic mass is 10.1. The Morgan fingerprint density at radius 1 is 1.25 bits per heavy atom. The number of unbranched alkanes of at least 4 members (excludes halogenated alkanes) is 3. The molecule has 0 amide bonds. The van der Waals surface area contributed by atoms with Crippen molar-refractivity contribution in [1.29, 1.82) is 0 Å². The molecular weight excluding hydrogens is 272 g/mol. The molecule has 0 unspecified atom stereocenters. The van der Waals surface area contributed by atoms with Crippen LogP contribution in [0.2, 0.25) is 0 Å². The highest BCUT2D eigenvalue weighted by atomic mass is 79.9. The maximum Gasteiger partial charge on any atom is 0.313 e. The SMILES string of the molecule is CCCCCC[C@H](C)OC(=O)CC(=O)CBr. The van der Waals surface area contributed by atoms with Gasteiger partial charge in [-0.1, -0.05) is 42.1 Å². The molecule has 3 nitrogen and oxygen atoms in total. The van der Waals surface area contributed by atoms with Crippen LogP contribution in [-0.4, -0.2) is 23.2 Å². The lowest BCUT2D eigenvalue weighted by Crippen LogP contribution is -2.18. The van der Waals surface area contributed by atoms with Crippen molar-refractivity contribution in [2.45, 2.75) is 58.5 Å². The first-order valence-corrected chi connectivity index (χ1v) is 6.99. The van der Waals surface area contributed by atoms with E-state index in [1.54, 1.807) is 0 Å². The number of ketones is 1. The Bertz CT molecular complexity index is 216. The Kier molecular flexibility index (Phi) is 9.59. The van der Waals surface area contributed by atoms with Crippen LogP contribution in [-0.2, 0) is 14.3 Å². The Morgan fingerprint density at radius 2 is 1.94 bits per heavy atom. The summed E-state index contributed by atoms with van der Waals surface area (Å²) >= 11 is 3.01. The third-order valence-corrected chi connectivity index (χ3v) is 2.91. The molecule has 0 rings (SSSR count). The van der Waals surface area contributed by atoms with E-state index in [4.69, 9.17) is 4.74 Å². The fraction of sp³-hybridized carbons (Fsp3) is 0.833. The fourth-order valence-corrected chi connectivity index (χ4v) is 1.59. The molecule has 0 bridgehead atoms. The molecule has 0 fully saturated rings. The topological polar surface area (TPSA) is 43.4 Å². The molecule has 0 saturated carbocycles. The third kappa shape index (κ3) is 8.89. The Balaban J connectivity index is 3.58. The second-order valence-electron chi connectivity index (χ2n) is 4.00. The maximum absolute atomic E-state index is 11.2. The quantitative estimate of drug-likeness (QED) is 0.284. The van der Waals surface area contributed by atoms with E-state index < -0.39 is 5.97 Å². The van der Waals surface area contributed by atoms with Gasteiger partial charge >= 0.3 is 5.97 Å². The highest BCUT2D eigenvalue weighted by Gasteiger charge is 2.12. The van der Waals surface area contributed by atoms with Gasteiger partial charge in [-0.3, -0.25) is 9.59 Å². The lowest BCUT2D eigenvalue weighted by Gasteiger charge is -2.12. The van der Waals surface area contributed by atoms with E-state index in [9.17, 15) is 9.59 Å². The zero-order chi connectivity index (χ0) is 12.4. The summed E-state index contributed by atoms with van der Waals surface area (Å²) in [6, 6.07) is 0. The number of rotatable bonds is 9. The van der Waals surface area contributed by atoms with Gasteiger partial charge in [0.2, 0.25) is 0 Å². The van der Waals surface area contributed by atoms with Gasteiger partial charge in [0.25, 0.3) is 0 Å². The Morgan fingerprint density at radius 3 is 2.50 bits per heavy atom. The standard InChI is InChI=1S/C12H21BrO3/c1-3-4-5-6-7-10(2)16-12(15)8-11(14)9-13/h10H,3-9H2,1-2H3/t10-/m0/s1. The van der Waals surface area contributed by atoms with E-state index in [0.29, 0.717) is 0 Å². The van der Waals surface area contributed by atoms with Gasteiger partial charge in [0.05, 0.1) is 11.4 Å². The van der Waals surface area contributed by atoms with Crippen LogP contribution in [0.5, 0.6) is 0 Å². The molecule has 0 heterocycles. The van der Waals surface area contributed by atoms with Crippen LogP contribution in [0.3, 0.4) is 0 Å². The molecule has 1 atom stereocenters. The highest BCUT2D eigenvalue weighted by molar-refractivity contribution is 9.09. The first-order chi connectivity index (χ1) is 7.60. The van der Waals surface area contributed by atoms with Crippen molar-refractivity contribution in [1.82, 2.24) is 0 Å². The molecule has 4 heteroatoms. The zero-order valence-electron chi connectivity index (χ0n) is 10.1. The van der Waals surface area contributed by atoms with E-state index >= 15 is 0 Å². The molecule has 0 radical (unpaired) electrons. The second kappa shape index (κ2) is 9.82. The Labute approximate surface area is 106 Å². The van der Waals surface area contributed by atoms with Crippen molar-refractivity contribution >= 4 is 27.7 Å². The minimum absolute atomic E-state index is 0.0764. The fourth-order valence-electron chi connectivity index (χ4n) is 1.39. The molecule has 0 aromatic heterocycles. The number of hydrogen-bond acceptors (Lipinski definition) is 3. The zero-order valence-corrected chi connectivity index (χ0v) is 11.7. The first kappa shape index (κ1) is 15.6. The minimum atomic E-state index is -0.410. The third-order valence-electron chi connectivity index (χ3n) is 2.29. The maximum atomic E-state index is 11.2. The summed E-state index contributed by atoms with van der Waals surface area (Å²) in [4.78, 5) is 22.2. The van der Waals surface area contributed by atoms with Gasteiger partial charge in [-0.2, -0.15) is 0 Å². The summed E-state index contributed by atoms with van der Waals surface area (Å²) in [5.41, 5.74) is 0. The van der Waals surface area contributed by atoms with Gasteiger partial charge < -0.3 is 4.74 Å². The van der Waals surface area contributed by atoms with Crippen molar-refractivity contribution in [3.63, 3.8) is 0 Å². The number of alkyl halides is 1. The predicted octanol–water partition coefficient (Wildman–Crippen LogP) is 3.24. The number of hydrogen-bond donors (Lipinski definition) is 0. The van der Waals surface area contributed by atoms with Crippen LogP contribution in [0.4, 0.5) is 0 Å². The van der Waals surface area contributed by atoms with Crippen LogP contribution >= 0.6 is 15.9 Å². The van der Waals surface area contributed by atoms with Crippen molar-refractivity contribution in [2.24, 2.45) is 0 Å². The number of esters is 1. The molecule has 94 valence electrons. The first-order valence-electron chi connectivity index (χ1n) is 5.87. The second-order valence-corrected chi connectivity index (χ2v) is 4.56. The summed E-state index contributed by atoms with van der Waals surface area (Å²) < 4.78 is 5.12. The number of Topliss-reactive ketones (excluding diaryl/α,β-unsaturated/α-hetero) is 1. The number of carbonyl (C=O) groups excluding carboxylic acids is 2. The van der Waals surface area contributed by atoms with E-state index in [-0.39, 0.29) is 23.6 Å². The largest absolute Gasteiger partial charge is 0.462 e. The van der Waals surface area contributed by atoms with Gasteiger partial charge in [0.1, 0.15) is 6.42 Å². The van der Waals surface area contributed by atoms with E-state index in [1.165, 1.54) is 19.3 Å². The molecule has 0 N–H and O–H groups in total. The van der Waals surface area contributed by atoms with Gasteiger partial charge in [-0.25, -0.2) is 0 Å². The van der Waals surface area contributed by atoms with E-state index in [0.717, 1.165) is 12.8 Å². The van der Waals surface area contributed by atoms with Crippen LogP contribution in [0, 0.1) is 0 Å². The molecule has 16 heavy (non-hydrogen) atoms. The normalized spacial score (nSPS) is 12.2. The predicted molar refractivity (Wildman–Crippen MR) is 67.7 cm³/mol. The summed E-state index contributed by atoms with van der Waals surface area (Å²) in [6.07, 6.45) is 5.37. The number of halogens is 1. The van der Waals surface area contributed by atoms with Crippen molar-refractivity contribution in [3.05, 3.63) is 0 Å². The average Bonchev–Trinajstić information content (AvgIpc) is 2.24. The molecule has 0 aliphatic rings. The van der Waals surface area contributed by atoms with E-state index in [1.807, 2.05) is 6.92 Å². The summed E-state index contributed by atoms with van der Waals surface area (Å²) in [6.45, 7) is 4.04. The van der Waals surface area contributed by atoms with Crippen LogP contribution in [0.25, 0.3) is 0 Å². The Hall–Kier alpha value is -0.380. The van der Waals surface area contributed by atoms with Gasteiger partial charge in [0.15, 0.2) is 5.78 Å². The smallest absolute Gasteiger partial charge is 0.313 e. The van der Waals surface area contributed by atoms with Crippen LogP contribution in [0.15, 0.2) is 0 Å². The van der Waals surface area contributed by atoms with E-state index in [2.05, 4.69) is 22.9 Å². The molecule has 0 aromatic carbocycles. The summed E-state index contributed by atoms with van der Waals surface area (Å²) in [5, 5.41) is 0.215. The monoisotopic (exact) mass is 292 g/mol. The molecule has 0 aliphatic carbocycles. The minimum Gasteiger partial charge on any atom is -0.462 e. The number of ether oxygens (including phenoxy) is 1. The summed E-state index contributed by atoms with van der Waals surface area (Å²) in [7, 11) is 0. The average molecular weight is 293 g/mol. The van der Waals surface area contributed by atoms with Crippen molar-refractivity contribution in [2.75, 3.05) is 5.33 Å². The van der Waals surface area contributed by atoms with Crippen molar-refractivity contribution in [3.8, 4) is 0 Å². The number of carbonyl (C=O) groups is 2. The highest BCUT2D eigenvalue weighted by Crippen LogP contribution is 2.08.